The first kappa shape index (κ1) is 19.9. The van der Waals surface area contributed by atoms with Gasteiger partial charge in [-0.1, -0.05) is 18.2 Å². The lowest BCUT2D eigenvalue weighted by molar-refractivity contribution is -0.385. The fourth-order valence-electron chi connectivity index (χ4n) is 2.89. The summed E-state index contributed by atoms with van der Waals surface area (Å²) in [5, 5.41) is 13.6. The van der Waals surface area contributed by atoms with E-state index in [1.54, 1.807) is 19.1 Å². The van der Waals surface area contributed by atoms with Gasteiger partial charge in [0.05, 0.1) is 28.6 Å². The lowest BCUT2D eigenvalue weighted by atomic mass is 10.1. The quantitative estimate of drug-likeness (QED) is 0.601. The molecule has 0 radical (unpaired) electrons. The van der Waals surface area contributed by atoms with Crippen molar-refractivity contribution in [3.63, 3.8) is 0 Å². The molecule has 1 saturated heterocycles. The Morgan fingerprint density at radius 1 is 1.18 bits per heavy atom. The van der Waals surface area contributed by atoms with Crippen molar-refractivity contribution in [3.8, 4) is 0 Å². The summed E-state index contributed by atoms with van der Waals surface area (Å²) in [6.07, 6.45) is 0. The van der Waals surface area contributed by atoms with Crippen LogP contribution in [0.2, 0.25) is 0 Å². The number of nitrogens with one attached hydrogen (secondary N) is 1. The standard InChI is InChI=1S/C18H19N3O6S/c1-13-6-7-14(12-16(13)21(23)24)19-18(22)15-4-2-3-5-17(15)28(25,26)20-8-10-27-11-9-20/h2-7,12H,8-11H2,1H3,(H,19,22). The van der Waals surface area contributed by atoms with Crippen molar-refractivity contribution in [3.05, 3.63) is 63.7 Å². The number of morpholine rings is 1. The fourth-order valence-corrected chi connectivity index (χ4v) is 4.48. The highest BCUT2D eigenvalue weighted by atomic mass is 32.2. The summed E-state index contributed by atoms with van der Waals surface area (Å²) in [5.41, 5.74) is 0.503. The first-order valence-corrected chi connectivity index (χ1v) is 9.98. The number of sulfonamides is 1. The zero-order valence-electron chi connectivity index (χ0n) is 15.1. The van der Waals surface area contributed by atoms with Gasteiger partial charge in [0.25, 0.3) is 11.6 Å². The van der Waals surface area contributed by atoms with Gasteiger partial charge >= 0.3 is 0 Å². The Bertz CT molecular complexity index is 1020. The summed E-state index contributed by atoms with van der Waals surface area (Å²) in [4.78, 5) is 23.2. The molecular formula is C18H19N3O6S. The van der Waals surface area contributed by atoms with Crippen molar-refractivity contribution in [2.45, 2.75) is 11.8 Å². The highest BCUT2D eigenvalue weighted by Crippen LogP contribution is 2.25. The average molecular weight is 405 g/mol. The summed E-state index contributed by atoms with van der Waals surface area (Å²) in [6.45, 7) is 2.60. The summed E-state index contributed by atoms with van der Waals surface area (Å²) in [7, 11) is -3.87. The Balaban J connectivity index is 1.91. The van der Waals surface area contributed by atoms with Crippen LogP contribution in [0.5, 0.6) is 0 Å². The molecule has 0 unspecified atom stereocenters. The number of carbonyl (C=O) groups excluding carboxylic acids is 1. The van der Waals surface area contributed by atoms with Crippen LogP contribution in [0.15, 0.2) is 47.4 Å². The molecule has 0 saturated carbocycles. The number of nitro groups is 1. The van der Waals surface area contributed by atoms with Gasteiger partial charge in [-0.25, -0.2) is 8.42 Å². The molecule has 0 aromatic heterocycles. The number of ether oxygens (including phenoxy) is 1. The number of amides is 1. The molecule has 3 rings (SSSR count). The Morgan fingerprint density at radius 3 is 2.54 bits per heavy atom. The third kappa shape index (κ3) is 4.03. The molecule has 2 aromatic rings. The predicted octanol–water partition coefficient (Wildman–Crippen LogP) is 2.18. The van der Waals surface area contributed by atoms with Crippen LogP contribution in [0.1, 0.15) is 15.9 Å². The van der Waals surface area contributed by atoms with E-state index >= 15 is 0 Å². The third-order valence-corrected chi connectivity index (χ3v) is 6.34. The average Bonchev–Trinajstić information content (AvgIpc) is 2.70. The van der Waals surface area contributed by atoms with E-state index in [2.05, 4.69) is 5.32 Å². The van der Waals surface area contributed by atoms with Crippen molar-refractivity contribution in [2.24, 2.45) is 0 Å². The van der Waals surface area contributed by atoms with E-state index in [1.807, 2.05) is 0 Å². The normalized spacial score (nSPS) is 15.2. The van der Waals surface area contributed by atoms with Crippen LogP contribution in [0.4, 0.5) is 11.4 Å². The topological polar surface area (TPSA) is 119 Å². The van der Waals surface area contributed by atoms with Gasteiger partial charge in [0.1, 0.15) is 0 Å². The van der Waals surface area contributed by atoms with Gasteiger partial charge in [-0.15, -0.1) is 0 Å². The lowest BCUT2D eigenvalue weighted by Crippen LogP contribution is -2.41. The molecule has 148 valence electrons. The van der Waals surface area contributed by atoms with Gasteiger partial charge in [0.15, 0.2) is 0 Å². The predicted molar refractivity (Wildman–Crippen MR) is 102 cm³/mol. The van der Waals surface area contributed by atoms with Crippen LogP contribution in [0, 0.1) is 17.0 Å². The molecule has 1 heterocycles. The molecule has 1 amide bonds. The highest BCUT2D eigenvalue weighted by Gasteiger charge is 2.30. The van der Waals surface area contributed by atoms with E-state index < -0.39 is 20.9 Å². The van der Waals surface area contributed by atoms with Gasteiger partial charge in [0, 0.05) is 30.4 Å². The Morgan fingerprint density at radius 2 is 1.86 bits per heavy atom. The molecule has 0 atom stereocenters. The molecule has 9 nitrogen and oxygen atoms in total. The second-order valence-electron chi connectivity index (χ2n) is 6.23. The van der Waals surface area contributed by atoms with Gasteiger partial charge in [-0.2, -0.15) is 4.31 Å². The van der Waals surface area contributed by atoms with Crippen LogP contribution in [-0.2, 0) is 14.8 Å². The summed E-state index contributed by atoms with van der Waals surface area (Å²) in [6, 6.07) is 10.2. The molecule has 1 aliphatic rings. The number of aryl methyl sites for hydroxylation is 1. The third-order valence-electron chi connectivity index (χ3n) is 4.38. The van der Waals surface area contributed by atoms with E-state index in [4.69, 9.17) is 4.74 Å². The first-order chi connectivity index (χ1) is 13.3. The van der Waals surface area contributed by atoms with E-state index in [1.165, 1.54) is 34.6 Å². The maximum Gasteiger partial charge on any atom is 0.274 e. The zero-order chi connectivity index (χ0) is 20.3. The fraction of sp³-hybridized carbons (Fsp3) is 0.278. The molecule has 2 aromatic carbocycles. The molecule has 10 heteroatoms. The van der Waals surface area contributed by atoms with Crippen molar-refractivity contribution in [1.82, 2.24) is 4.31 Å². The van der Waals surface area contributed by atoms with Crippen molar-refractivity contribution >= 4 is 27.3 Å². The number of rotatable bonds is 5. The number of nitro benzene ring substituents is 1. The molecule has 0 spiro atoms. The molecule has 28 heavy (non-hydrogen) atoms. The summed E-state index contributed by atoms with van der Waals surface area (Å²) in [5.74, 6) is -0.661. The maximum absolute atomic E-state index is 13.0. The van der Waals surface area contributed by atoms with Crippen molar-refractivity contribution < 1.29 is 22.9 Å². The van der Waals surface area contributed by atoms with E-state index in [0.717, 1.165) is 0 Å². The van der Waals surface area contributed by atoms with Crippen LogP contribution >= 0.6 is 0 Å². The second-order valence-corrected chi connectivity index (χ2v) is 8.13. The summed E-state index contributed by atoms with van der Waals surface area (Å²) < 4.78 is 32.4. The number of anilines is 1. The minimum atomic E-state index is -3.87. The first-order valence-electron chi connectivity index (χ1n) is 8.54. The van der Waals surface area contributed by atoms with Crippen LogP contribution < -0.4 is 5.32 Å². The van der Waals surface area contributed by atoms with Gasteiger partial charge in [-0.05, 0) is 25.1 Å². The molecule has 0 aliphatic carbocycles. The van der Waals surface area contributed by atoms with E-state index in [-0.39, 0.29) is 34.9 Å². The molecular weight excluding hydrogens is 386 g/mol. The maximum atomic E-state index is 13.0. The largest absolute Gasteiger partial charge is 0.379 e. The zero-order valence-corrected chi connectivity index (χ0v) is 15.9. The monoisotopic (exact) mass is 405 g/mol. The molecule has 0 bridgehead atoms. The number of hydrogen-bond donors (Lipinski definition) is 1. The van der Waals surface area contributed by atoms with Crippen molar-refractivity contribution in [1.29, 1.82) is 0 Å². The minimum Gasteiger partial charge on any atom is -0.379 e. The van der Waals surface area contributed by atoms with Crippen LogP contribution in [0.25, 0.3) is 0 Å². The molecule has 1 aliphatic heterocycles. The molecule has 1 N–H and O–H groups in total. The molecule has 1 fully saturated rings. The van der Waals surface area contributed by atoms with E-state index in [0.29, 0.717) is 18.8 Å². The SMILES string of the molecule is Cc1ccc(NC(=O)c2ccccc2S(=O)(=O)N2CCOCC2)cc1[N+](=O)[O-]. The minimum absolute atomic E-state index is 0.0304. The Kier molecular flexibility index (Phi) is 5.73. The highest BCUT2D eigenvalue weighted by molar-refractivity contribution is 7.89. The smallest absolute Gasteiger partial charge is 0.274 e. The number of nitrogens with zero attached hydrogens (tertiary/aromatic N) is 2. The van der Waals surface area contributed by atoms with Gasteiger partial charge in [0.2, 0.25) is 10.0 Å². The van der Waals surface area contributed by atoms with Crippen LogP contribution in [0.3, 0.4) is 0 Å². The number of carbonyl (C=O) groups is 1. The lowest BCUT2D eigenvalue weighted by Gasteiger charge is -2.26. The van der Waals surface area contributed by atoms with Gasteiger partial charge < -0.3 is 10.1 Å². The summed E-state index contributed by atoms with van der Waals surface area (Å²) >= 11 is 0. The Labute approximate surface area is 162 Å². The van der Waals surface area contributed by atoms with Gasteiger partial charge in [-0.3, -0.25) is 14.9 Å². The van der Waals surface area contributed by atoms with Crippen LogP contribution in [-0.4, -0.2) is 49.9 Å². The van der Waals surface area contributed by atoms with E-state index in [9.17, 15) is 23.3 Å². The number of benzene rings is 2. The number of hydrogen-bond acceptors (Lipinski definition) is 6. The van der Waals surface area contributed by atoms with Crippen molar-refractivity contribution in [2.75, 3.05) is 31.6 Å². The second kappa shape index (κ2) is 8.05. The Hall–Kier alpha value is -2.82.